The summed E-state index contributed by atoms with van der Waals surface area (Å²) >= 11 is 11.9. The third kappa shape index (κ3) is 3.70. The number of ether oxygens (including phenoxy) is 1. The summed E-state index contributed by atoms with van der Waals surface area (Å²) in [4.78, 5) is 12.1. The molecule has 94 valence electrons. The van der Waals surface area contributed by atoms with E-state index >= 15 is 0 Å². The summed E-state index contributed by atoms with van der Waals surface area (Å²) in [6.07, 6.45) is 0.229. The maximum absolute atomic E-state index is 12.1. The topological polar surface area (TPSA) is 26.3 Å². The van der Waals surface area contributed by atoms with Crippen LogP contribution in [-0.2, 0) is 16.0 Å². The van der Waals surface area contributed by atoms with E-state index in [1.165, 1.54) is 0 Å². The molecule has 0 saturated heterocycles. The van der Waals surface area contributed by atoms with Crippen molar-refractivity contribution in [2.45, 2.75) is 32.8 Å². The zero-order chi connectivity index (χ0) is 13.1. The fraction of sp³-hybridized carbons (Fsp3) is 0.462. The maximum Gasteiger partial charge on any atom is 0.168 e. The number of ketones is 1. The Morgan fingerprint density at radius 2 is 2.00 bits per heavy atom. The molecule has 0 heterocycles. The van der Waals surface area contributed by atoms with Gasteiger partial charge in [0, 0.05) is 13.0 Å². The molecule has 17 heavy (non-hydrogen) atoms. The van der Waals surface area contributed by atoms with Gasteiger partial charge in [-0.05, 0) is 32.4 Å². The van der Waals surface area contributed by atoms with Crippen molar-refractivity contribution >= 4 is 29.0 Å². The van der Waals surface area contributed by atoms with Crippen LogP contribution >= 0.6 is 23.2 Å². The highest BCUT2D eigenvalue weighted by atomic mass is 35.5. The molecule has 0 unspecified atom stereocenters. The number of hydrogen-bond acceptors (Lipinski definition) is 2. The Hall–Kier alpha value is -0.570. The molecule has 0 aliphatic heterocycles. The van der Waals surface area contributed by atoms with Gasteiger partial charge in [0.2, 0.25) is 0 Å². The van der Waals surface area contributed by atoms with Gasteiger partial charge in [-0.15, -0.1) is 0 Å². The number of hydrogen-bond donors (Lipinski definition) is 0. The first kappa shape index (κ1) is 14.5. The predicted molar refractivity (Wildman–Crippen MR) is 70.9 cm³/mol. The molecule has 4 heteroatoms. The molecule has 0 amide bonds. The summed E-state index contributed by atoms with van der Waals surface area (Å²) in [5, 5.41) is 0.904. The van der Waals surface area contributed by atoms with Gasteiger partial charge in [0.1, 0.15) is 5.60 Å². The molecule has 0 N–H and O–H groups in total. The lowest BCUT2D eigenvalue weighted by molar-refractivity contribution is -0.139. The molecule has 2 nitrogen and oxygen atoms in total. The van der Waals surface area contributed by atoms with Gasteiger partial charge in [0.05, 0.1) is 10.0 Å². The molecule has 0 fully saturated rings. The van der Waals surface area contributed by atoms with Crippen LogP contribution in [0.4, 0.5) is 0 Å². The average Bonchev–Trinajstić information content (AvgIpc) is 2.24. The summed E-state index contributed by atoms with van der Waals surface area (Å²) < 4.78 is 5.41. The highest BCUT2D eigenvalue weighted by Gasteiger charge is 2.28. The quantitative estimate of drug-likeness (QED) is 0.814. The first-order chi connectivity index (χ1) is 7.88. The van der Waals surface area contributed by atoms with E-state index in [2.05, 4.69) is 0 Å². The molecular weight excluding hydrogens is 259 g/mol. The van der Waals surface area contributed by atoms with Crippen LogP contribution in [0.15, 0.2) is 18.2 Å². The molecule has 0 spiro atoms. The highest BCUT2D eigenvalue weighted by molar-refractivity contribution is 6.42. The fourth-order valence-electron chi connectivity index (χ4n) is 1.51. The largest absolute Gasteiger partial charge is 0.368 e. The lowest BCUT2D eigenvalue weighted by Gasteiger charge is -2.23. The Kier molecular flexibility index (Phi) is 4.99. The van der Waals surface area contributed by atoms with Gasteiger partial charge >= 0.3 is 0 Å². The summed E-state index contributed by atoms with van der Waals surface area (Å²) in [5.74, 6) is -0.0106. The van der Waals surface area contributed by atoms with Crippen LogP contribution in [0.3, 0.4) is 0 Å². The number of carbonyl (C=O) groups excluding carboxylic acids is 1. The first-order valence-electron chi connectivity index (χ1n) is 5.48. The van der Waals surface area contributed by atoms with E-state index in [4.69, 9.17) is 27.9 Å². The smallest absolute Gasteiger partial charge is 0.168 e. The number of benzene rings is 1. The van der Waals surface area contributed by atoms with Gasteiger partial charge in [-0.1, -0.05) is 35.3 Å². The van der Waals surface area contributed by atoms with E-state index in [-0.39, 0.29) is 12.2 Å². The minimum absolute atomic E-state index is 0.0106. The van der Waals surface area contributed by atoms with Crippen molar-refractivity contribution in [2.24, 2.45) is 0 Å². The van der Waals surface area contributed by atoms with Crippen molar-refractivity contribution in [2.75, 3.05) is 6.61 Å². The number of rotatable bonds is 5. The summed E-state index contributed by atoms with van der Waals surface area (Å²) in [6.45, 7) is 5.89. The Morgan fingerprint density at radius 1 is 1.35 bits per heavy atom. The molecule has 0 bridgehead atoms. The van der Waals surface area contributed by atoms with Gasteiger partial charge < -0.3 is 4.74 Å². The molecule has 1 rings (SSSR count). The standard InChI is InChI=1S/C13H16Cl2O2/c1-4-17-13(2,3)11(16)8-9-6-5-7-10(14)12(9)15/h5-7H,4,8H2,1-3H3. The Balaban J connectivity index is 2.85. The lowest BCUT2D eigenvalue weighted by Crippen LogP contribution is -2.36. The van der Waals surface area contributed by atoms with Crippen molar-refractivity contribution in [1.82, 2.24) is 0 Å². The Bertz CT molecular complexity index is 414. The van der Waals surface area contributed by atoms with Crippen LogP contribution in [0.25, 0.3) is 0 Å². The van der Waals surface area contributed by atoms with Crippen molar-refractivity contribution in [1.29, 1.82) is 0 Å². The highest BCUT2D eigenvalue weighted by Crippen LogP contribution is 2.27. The van der Waals surface area contributed by atoms with Gasteiger partial charge in [-0.25, -0.2) is 0 Å². The maximum atomic E-state index is 12.1. The van der Waals surface area contributed by atoms with Crippen molar-refractivity contribution in [3.05, 3.63) is 33.8 Å². The molecule has 0 aromatic heterocycles. The van der Waals surface area contributed by atoms with Gasteiger partial charge in [-0.2, -0.15) is 0 Å². The second-order valence-corrected chi connectivity index (χ2v) is 5.04. The van der Waals surface area contributed by atoms with E-state index in [1.54, 1.807) is 32.0 Å². The van der Waals surface area contributed by atoms with Crippen LogP contribution in [0.1, 0.15) is 26.3 Å². The molecule has 0 aliphatic carbocycles. The van der Waals surface area contributed by atoms with Crippen molar-refractivity contribution in [3.63, 3.8) is 0 Å². The summed E-state index contributed by atoms with van der Waals surface area (Å²) in [7, 11) is 0. The third-order valence-corrected chi connectivity index (χ3v) is 3.42. The molecule has 0 atom stereocenters. The molecule has 1 aromatic rings. The zero-order valence-corrected chi connectivity index (χ0v) is 11.7. The van der Waals surface area contributed by atoms with Crippen LogP contribution in [0, 0.1) is 0 Å². The lowest BCUT2D eigenvalue weighted by atomic mass is 9.97. The third-order valence-electron chi connectivity index (χ3n) is 2.56. The zero-order valence-electron chi connectivity index (χ0n) is 10.2. The van der Waals surface area contributed by atoms with E-state index in [1.807, 2.05) is 6.92 Å². The minimum atomic E-state index is -0.791. The molecule has 0 aliphatic rings. The van der Waals surface area contributed by atoms with Crippen LogP contribution < -0.4 is 0 Å². The Labute approximate surface area is 112 Å². The fourth-order valence-corrected chi connectivity index (χ4v) is 1.90. The second kappa shape index (κ2) is 5.85. The second-order valence-electron chi connectivity index (χ2n) is 4.26. The monoisotopic (exact) mass is 274 g/mol. The minimum Gasteiger partial charge on any atom is -0.368 e. The van der Waals surface area contributed by atoms with Gasteiger partial charge in [-0.3, -0.25) is 4.79 Å². The molecule has 0 radical (unpaired) electrons. The Morgan fingerprint density at radius 3 is 2.59 bits per heavy atom. The predicted octanol–water partition coefficient (Wildman–Crippen LogP) is 3.92. The number of Topliss-reactive ketones (excluding diaryl/α,β-unsaturated/α-hetero) is 1. The van der Waals surface area contributed by atoms with Crippen LogP contribution in [0.5, 0.6) is 0 Å². The molecule has 0 saturated carbocycles. The summed E-state index contributed by atoms with van der Waals surface area (Å²) in [6, 6.07) is 5.28. The van der Waals surface area contributed by atoms with Crippen LogP contribution in [0.2, 0.25) is 10.0 Å². The van der Waals surface area contributed by atoms with E-state index in [9.17, 15) is 4.79 Å². The van der Waals surface area contributed by atoms with E-state index in [0.29, 0.717) is 16.7 Å². The van der Waals surface area contributed by atoms with E-state index in [0.717, 1.165) is 5.56 Å². The summed E-state index contributed by atoms with van der Waals surface area (Å²) in [5.41, 5.74) is -0.0580. The number of halogens is 2. The molecular formula is C13H16Cl2O2. The SMILES string of the molecule is CCOC(C)(C)C(=O)Cc1cccc(Cl)c1Cl. The van der Waals surface area contributed by atoms with Crippen molar-refractivity contribution < 1.29 is 9.53 Å². The number of carbonyl (C=O) groups is 1. The van der Waals surface area contributed by atoms with E-state index < -0.39 is 5.60 Å². The van der Waals surface area contributed by atoms with Gasteiger partial charge in [0.15, 0.2) is 5.78 Å². The van der Waals surface area contributed by atoms with Crippen LogP contribution in [-0.4, -0.2) is 18.0 Å². The van der Waals surface area contributed by atoms with Crippen molar-refractivity contribution in [3.8, 4) is 0 Å². The average molecular weight is 275 g/mol. The first-order valence-corrected chi connectivity index (χ1v) is 6.24. The molecule has 1 aromatic carbocycles. The normalized spacial score (nSPS) is 11.6. The van der Waals surface area contributed by atoms with Gasteiger partial charge in [0.25, 0.3) is 0 Å².